The van der Waals surface area contributed by atoms with Gasteiger partial charge in [0.2, 0.25) is 0 Å². The highest BCUT2D eigenvalue weighted by atomic mass is 35.5. The lowest BCUT2D eigenvalue weighted by Gasteiger charge is -2.40. The lowest BCUT2D eigenvalue weighted by molar-refractivity contribution is 0.0490. The van der Waals surface area contributed by atoms with Crippen molar-refractivity contribution in [3.63, 3.8) is 0 Å². The highest BCUT2D eigenvalue weighted by Crippen LogP contribution is 2.28. The van der Waals surface area contributed by atoms with Crippen LogP contribution in [0.3, 0.4) is 0 Å². The van der Waals surface area contributed by atoms with Gasteiger partial charge in [-0.05, 0) is 25.2 Å². The van der Waals surface area contributed by atoms with Gasteiger partial charge in [-0.3, -0.25) is 9.89 Å². The van der Waals surface area contributed by atoms with Crippen LogP contribution in [0.25, 0.3) is 0 Å². The standard InChI is InChI=1S/C16H26N4O.ClH/c1-3-5-14-11(2)6-4-9-20(14)16(21)15-12-10-17-8-7-13(12)18-19-15;/h11,14,17H,3-10H2,1-2H3,(H,18,19);1H. The van der Waals surface area contributed by atoms with Crippen LogP contribution in [0, 0.1) is 5.92 Å². The van der Waals surface area contributed by atoms with Gasteiger partial charge >= 0.3 is 0 Å². The molecule has 2 atom stereocenters. The van der Waals surface area contributed by atoms with Crippen molar-refractivity contribution in [2.45, 2.75) is 58.5 Å². The summed E-state index contributed by atoms with van der Waals surface area (Å²) < 4.78 is 0. The summed E-state index contributed by atoms with van der Waals surface area (Å²) in [4.78, 5) is 15.1. The van der Waals surface area contributed by atoms with Gasteiger partial charge in [0.05, 0.1) is 0 Å². The van der Waals surface area contributed by atoms with Gasteiger partial charge in [-0.1, -0.05) is 20.3 Å². The SMILES string of the molecule is CCCC1C(C)CCCN1C(=O)c1n[nH]c2c1CNCC2.Cl. The maximum atomic E-state index is 13.0. The Labute approximate surface area is 138 Å². The van der Waals surface area contributed by atoms with E-state index in [1.54, 1.807) is 0 Å². The Bertz CT molecular complexity index is 516. The van der Waals surface area contributed by atoms with E-state index < -0.39 is 0 Å². The minimum Gasteiger partial charge on any atom is -0.334 e. The number of amides is 1. The molecule has 124 valence electrons. The monoisotopic (exact) mass is 326 g/mol. The minimum absolute atomic E-state index is 0. The van der Waals surface area contributed by atoms with Crippen molar-refractivity contribution in [1.29, 1.82) is 0 Å². The molecule has 1 amide bonds. The fourth-order valence-corrected chi connectivity index (χ4v) is 3.78. The normalized spacial score (nSPS) is 24.5. The number of hydrogen-bond acceptors (Lipinski definition) is 3. The van der Waals surface area contributed by atoms with Crippen LogP contribution in [0.5, 0.6) is 0 Å². The molecule has 3 rings (SSSR count). The van der Waals surface area contributed by atoms with E-state index in [0.717, 1.165) is 56.6 Å². The number of nitrogens with zero attached hydrogens (tertiary/aromatic N) is 2. The highest BCUT2D eigenvalue weighted by Gasteiger charge is 2.34. The molecule has 0 aliphatic carbocycles. The number of piperidine rings is 1. The van der Waals surface area contributed by atoms with Crippen LogP contribution in [-0.2, 0) is 13.0 Å². The second-order valence-electron chi connectivity index (χ2n) is 6.43. The quantitative estimate of drug-likeness (QED) is 0.897. The van der Waals surface area contributed by atoms with Crippen LogP contribution in [0.15, 0.2) is 0 Å². The molecular formula is C16H27ClN4O. The molecule has 1 fully saturated rings. The van der Waals surface area contributed by atoms with Gasteiger partial charge < -0.3 is 10.2 Å². The van der Waals surface area contributed by atoms with E-state index in [9.17, 15) is 4.79 Å². The van der Waals surface area contributed by atoms with E-state index in [1.807, 2.05) is 0 Å². The molecule has 2 aliphatic rings. The zero-order valence-electron chi connectivity index (χ0n) is 13.5. The van der Waals surface area contributed by atoms with E-state index >= 15 is 0 Å². The fourth-order valence-electron chi connectivity index (χ4n) is 3.78. The Morgan fingerprint density at radius 2 is 2.27 bits per heavy atom. The van der Waals surface area contributed by atoms with E-state index in [2.05, 4.69) is 34.3 Å². The zero-order valence-corrected chi connectivity index (χ0v) is 14.3. The second-order valence-corrected chi connectivity index (χ2v) is 6.43. The molecule has 2 unspecified atom stereocenters. The number of fused-ring (bicyclic) bond motifs is 1. The van der Waals surface area contributed by atoms with Crippen LogP contribution in [-0.4, -0.2) is 40.1 Å². The summed E-state index contributed by atoms with van der Waals surface area (Å²) in [7, 11) is 0. The van der Waals surface area contributed by atoms with Gasteiger partial charge in [0.25, 0.3) is 5.91 Å². The average Bonchev–Trinajstić information content (AvgIpc) is 2.93. The lowest BCUT2D eigenvalue weighted by Crippen LogP contribution is -2.48. The molecule has 0 spiro atoms. The summed E-state index contributed by atoms with van der Waals surface area (Å²) in [6.45, 7) is 7.07. The molecule has 3 heterocycles. The first kappa shape index (κ1) is 17.3. The molecule has 5 nitrogen and oxygen atoms in total. The van der Waals surface area contributed by atoms with Crippen LogP contribution in [0.1, 0.15) is 61.3 Å². The van der Waals surface area contributed by atoms with E-state index in [1.165, 1.54) is 6.42 Å². The number of rotatable bonds is 3. The van der Waals surface area contributed by atoms with Crippen LogP contribution < -0.4 is 5.32 Å². The Morgan fingerprint density at radius 1 is 1.45 bits per heavy atom. The van der Waals surface area contributed by atoms with E-state index in [-0.39, 0.29) is 18.3 Å². The molecule has 1 aromatic heterocycles. The average molecular weight is 327 g/mol. The fraction of sp³-hybridized carbons (Fsp3) is 0.750. The number of halogens is 1. The first-order valence-electron chi connectivity index (χ1n) is 8.30. The summed E-state index contributed by atoms with van der Waals surface area (Å²) in [5.74, 6) is 0.719. The number of likely N-dealkylation sites (tertiary alicyclic amines) is 1. The molecule has 0 aromatic carbocycles. The van der Waals surface area contributed by atoms with Crippen molar-refractivity contribution < 1.29 is 4.79 Å². The first-order chi connectivity index (χ1) is 10.2. The molecule has 6 heteroatoms. The maximum Gasteiger partial charge on any atom is 0.274 e. The summed E-state index contributed by atoms with van der Waals surface area (Å²) >= 11 is 0. The molecule has 0 bridgehead atoms. The summed E-state index contributed by atoms with van der Waals surface area (Å²) in [6.07, 6.45) is 5.49. The third kappa shape index (κ3) is 3.15. The Hall–Kier alpha value is -1.07. The molecule has 0 radical (unpaired) electrons. The van der Waals surface area contributed by atoms with E-state index in [4.69, 9.17) is 0 Å². The summed E-state index contributed by atoms with van der Waals surface area (Å²) in [5.41, 5.74) is 2.86. The zero-order chi connectivity index (χ0) is 14.8. The smallest absolute Gasteiger partial charge is 0.274 e. The third-order valence-electron chi connectivity index (χ3n) is 4.97. The maximum absolute atomic E-state index is 13.0. The summed E-state index contributed by atoms with van der Waals surface area (Å²) in [6, 6.07) is 0.375. The van der Waals surface area contributed by atoms with Gasteiger partial charge in [0.15, 0.2) is 5.69 Å². The first-order valence-corrected chi connectivity index (χ1v) is 8.30. The Balaban J connectivity index is 0.00000176. The van der Waals surface area contributed by atoms with Crippen LogP contribution in [0.2, 0.25) is 0 Å². The van der Waals surface area contributed by atoms with Crippen LogP contribution >= 0.6 is 12.4 Å². The van der Waals surface area contributed by atoms with Crippen molar-refractivity contribution in [3.8, 4) is 0 Å². The van der Waals surface area contributed by atoms with Crippen molar-refractivity contribution in [2.75, 3.05) is 13.1 Å². The van der Waals surface area contributed by atoms with Crippen molar-refractivity contribution in [3.05, 3.63) is 17.0 Å². The molecule has 2 N–H and O–H groups in total. The number of nitrogens with one attached hydrogen (secondary N) is 2. The third-order valence-corrected chi connectivity index (χ3v) is 4.97. The molecule has 2 aliphatic heterocycles. The molecule has 1 saturated heterocycles. The Kier molecular flexibility index (Phi) is 5.87. The summed E-state index contributed by atoms with van der Waals surface area (Å²) in [5, 5.41) is 10.7. The van der Waals surface area contributed by atoms with Crippen molar-refractivity contribution >= 4 is 18.3 Å². The van der Waals surface area contributed by atoms with Crippen molar-refractivity contribution in [2.24, 2.45) is 5.92 Å². The number of aromatic nitrogens is 2. The largest absolute Gasteiger partial charge is 0.334 e. The van der Waals surface area contributed by atoms with Gasteiger partial charge in [-0.25, -0.2) is 0 Å². The van der Waals surface area contributed by atoms with Gasteiger partial charge in [0, 0.05) is 43.4 Å². The minimum atomic E-state index is 0. The van der Waals surface area contributed by atoms with Gasteiger partial charge in [-0.2, -0.15) is 5.10 Å². The topological polar surface area (TPSA) is 61.0 Å². The second kappa shape index (κ2) is 7.47. The van der Waals surface area contributed by atoms with Crippen LogP contribution in [0.4, 0.5) is 0 Å². The molecule has 1 aromatic rings. The number of carbonyl (C=O) groups excluding carboxylic acids is 1. The molecule has 22 heavy (non-hydrogen) atoms. The van der Waals surface area contributed by atoms with Crippen molar-refractivity contribution in [1.82, 2.24) is 20.4 Å². The van der Waals surface area contributed by atoms with Gasteiger partial charge in [0.1, 0.15) is 0 Å². The Morgan fingerprint density at radius 3 is 3.05 bits per heavy atom. The number of carbonyl (C=O) groups is 1. The molecule has 0 saturated carbocycles. The molecular weight excluding hydrogens is 300 g/mol. The number of aromatic amines is 1. The van der Waals surface area contributed by atoms with E-state index in [0.29, 0.717) is 17.7 Å². The highest BCUT2D eigenvalue weighted by molar-refractivity contribution is 5.94. The number of H-pyrrole nitrogens is 1. The predicted molar refractivity (Wildman–Crippen MR) is 89.4 cm³/mol. The number of hydrogen-bond donors (Lipinski definition) is 2. The lowest BCUT2D eigenvalue weighted by atomic mass is 9.87. The van der Waals surface area contributed by atoms with Gasteiger partial charge in [-0.15, -0.1) is 12.4 Å². The predicted octanol–water partition coefficient (Wildman–Crippen LogP) is 2.52.